The Morgan fingerprint density at radius 2 is 0.904 bits per heavy atom. The molecule has 0 fully saturated rings. The molecule has 0 saturated carbocycles. The summed E-state index contributed by atoms with van der Waals surface area (Å²) < 4.78 is 2.54. The summed E-state index contributed by atoms with van der Waals surface area (Å²) in [6.07, 6.45) is 3.36. The van der Waals surface area contributed by atoms with Crippen LogP contribution >= 0.6 is 0 Å². The molecule has 3 heterocycles. The standard InChI is InChI=1S/C50H31N2/c1-5-15-31(16-6-1)34-27-42-38-25-13-23-36-40(32-17-7-2-8-18-32)29-44-49(46(36)38)52-48(42)43(28-34)39-26-14-24-37-41(33-19-9-3-10-20-33)30-45(50(52)47(37)39)51(44)35-21-11-4-12-22-35/h1-27,29-30H,28H2/q+1. The lowest BCUT2D eigenvalue weighted by molar-refractivity contribution is -0.539. The van der Waals surface area contributed by atoms with Crippen molar-refractivity contribution in [3.63, 3.8) is 0 Å². The number of hydrogen-bond donors (Lipinski definition) is 0. The van der Waals surface area contributed by atoms with Crippen molar-refractivity contribution in [1.29, 1.82) is 0 Å². The van der Waals surface area contributed by atoms with Crippen LogP contribution in [0.1, 0.15) is 16.7 Å². The van der Waals surface area contributed by atoms with Gasteiger partial charge in [0.1, 0.15) is 11.4 Å². The molecule has 0 bridgehead atoms. The molecule has 12 rings (SSSR count). The van der Waals surface area contributed by atoms with Gasteiger partial charge in [0.2, 0.25) is 16.7 Å². The Morgan fingerprint density at radius 3 is 1.48 bits per heavy atom. The van der Waals surface area contributed by atoms with Gasteiger partial charge in [-0.25, -0.2) is 0 Å². The second kappa shape index (κ2) is 10.4. The van der Waals surface area contributed by atoms with Crippen LogP contribution in [0.25, 0.3) is 82.9 Å². The van der Waals surface area contributed by atoms with Crippen molar-refractivity contribution in [2.45, 2.75) is 6.42 Å². The van der Waals surface area contributed by atoms with Crippen molar-refractivity contribution in [2.24, 2.45) is 0 Å². The van der Waals surface area contributed by atoms with Gasteiger partial charge in [-0.05, 0) is 66.6 Å². The quantitative estimate of drug-likeness (QED) is 0.171. The number of hydrogen-bond acceptors (Lipinski definition) is 1. The fraction of sp³-hybridized carbons (Fsp3) is 0.0200. The van der Waals surface area contributed by atoms with Crippen LogP contribution in [-0.2, 0) is 6.42 Å². The molecular weight excluding hydrogens is 629 g/mol. The number of nitrogens with zero attached hydrogens (tertiary/aromatic N) is 2. The molecule has 1 aliphatic carbocycles. The summed E-state index contributed by atoms with van der Waals surface area (Å²) in [6.45, 7) is 0. The molecule has 0 spiro atoms. The highest BCUT2D eigenvalue weighted by Gasteiger charge is 2.42. The summed E-state index contributed by atoms with van der Waals surface area (Å²) in [5, 5.41) is 7.86. The number of rotatable bonds is 4. The first kappa shape index (κ1) is 28.0. The van der Waals surface area contributed by atoms with Crippen molar-refractivity contribution < 1.29 is 4.57 Å². The fourth-order valence-corrected chi connectivity index (χ4v) is 9.44. The van der Waals surface area contributed by atoms with Crippen LogP contribution in [0.4, 0.5) is 17.1 Å². The number of fused-ring (bicyclic) bond motifs is 2. The first-order valence-electron chi connectivity index (χ1n) is 18.2. The second-order valence-corrected chi connectivity index (χ2v) is 14.2. The van der Waals surface area contributed by atoms with Crippen LogP contribution in [0, 0.1) is 0 Å². The van der Waals surface area contributed by atoms with E-state index in [0.717, 1.165) is 12.1 Å². The van der Waals surface area contributed by atoms with Crippen molar-refractivity contribution in [3.8, 4) is 27.9 Å². The lowest BCUT2D eigenvalue weighted by atomic mass is 9.79. The lowest BCUT2D eigenvalue weighted by Crippen LogP contribution is -2.38. The van der Waals surface area contributed by atoms with E-state index in [2.05, 4.69) is 185 Å². The van der Waals surface area contributed by atoms with E-state index >= 15 is 0 Å². The number of anilines is 3. The average Bonchev–Trinajstić information content (AvgIpc) is 3.22. The van der Waals surface area contributed by atoms with E-state index in [1.165, 1.54) is 105 Å². The Bertz CT molecular complexity index is 3050. The highest BCUT2D eigenvalue weighted by Crippen LogP contribution is 2.60. The zero-order valence-corrected chi connectivity index (χ0v) is 28.3. The predicted octanol–water partition coefficient (Wildman–Crippen LogP) is 12.7. The minimum absolute atomic E-state index is 0.869. The molecule has 8 aromatic carbocycles. The topological polar surface area (TPSA) is 7.12 Å². The van der Waals surface area contributed by atoms with E-state index in [1.54, 1.807) is 0 Å². The van der Waals surface area contributed by atoms with E-state index in [1.807, 2.05) is 0 Å². The number of benzene rings is 8. The molecule has 0 radical (unpaired) electrons. The molecule has 52 heavy (non-hydrogen) atoms. The summed E-state index contributed by atoms with van der Waals surface area (Å²) >= 11 is 0. The smallest absolute Gasteiger partial charge is 0.237 e. The van der Waals surface area contributed by atoms with Crippen LogP contribution in [0.15, 0.2) is 170 Å². The second-order valence-electron chi connectivity index (χ2n) is 14.2. The third-order valence-corrected chi connectivity index (χ3v) is 11.6. The van der Waals surface area contributed by atoms with Gasteiger partial charge >= 0.3 is 0 Å². The summed E-state index contributed by atoms with van der Waals surface area (Å²) in [6, 6.07) is 62.6. The zero-order chi connectivity index (χ0) is 33.9. The molecule has 0 amide bonds. The number of para-hydroxylation sites is 1. The van der Waals surface area contributed by atoms with Crippen LogP contribution in [0.2, 0.25) is 0 Å². The lowest BCUT2D eigenvalue weighted by Gasteiger charge is -2.40. The summed E-state index contributed by atoms with van der Waals surface area (Å²) in [7, 11) is 0. The molecule has 8 aromatic rings. The van der Waals surface area contributed by atoms with Crippen LogP contribution in [-0.4, -0.2) is 0 Å². The third kappa shape index (κ3) is 3.66. The Morgan fingerprint density at radius 1 is 0.423 bits per heavy atom. The molecule has 2 nitrogen and oxygen atoms in total. The molecule has 4 aliphatic rings. The normalized spacial score (nSPS) is 13.4. The molecule has 240 valence electrons. The molecule has 3 aliphatic heterocycles. The van der Waals surface area contributed by atoms with E-state index in [9.17, 15) is 0 Å². The van der Waals surface area contributed by atoms with Gasteiger partial charge in [0.25, 0.3) is 0 Å². The maximum absolute atomic E-state index is 2.67. The minimum Gasteiger partial charge on any atom is -0.297 e. The van der Waals surface area contributed by atoms with Gasteiger partial charge in [-0.2, -0.15) is 0 Å². The Balaban J connectivity index is 1.39. The molecule has 0 unspecified atom stereocenters. The third-order valence-electron chi connectivity index (χ3n) is 11.6. The Hall–Kier alpha value is -6.77. The largest absolute Gasteiger partial charge is 0.297 e. The van der Waals surface area contributed by atoms with Crippen molar-refractivity contribution in [3.05, 3.63) is 187 Å². The maximum Gasteiger partial charge on any atom is 0.237 e. The average molecular weight is 660 g/mol. The van der Waals surface area contributed by atoms with Crippen molar-refractivity contribution in [2.75, 3.05) is 4.90 Å². The first-order valence-corrected chi connectivity index (χ1v) is 18.2. The van der Waals surface area contributed by atoms with Gasteiger partial charge in [0, 0.05) is 47.0 Å². The van der Waals surface area contributed by atoms with E-state index in [4.69, 9.17) is 0 Å². The predicted molar refractivity (Wildman–Crippen MR) is 217 cm³/mol. The fourth-order valence-electron chi connectivity index (χ4n) is 9.44. The van der Waals surface area contributed by atoms with Gasteiger partial charge in [-0.1, -0.05) is 146 Å². The van der Waals surface area contributed by atoms with Crippen molar-refractivity contribution >= 4 is 72.1 Å². The van der Waals surface area contributed by atoms with Gasteiger partial charge in [0.15, 0.2) is 0 Å². The molecule has 0 N–H and O–H groups in total. The highest BCUT2D eigenvalue weighted by atomic mass is 15.2. The first-order chi connectivity index (χ1) is 25.8. The molecular formula is C50H31N2+. The zero-order valence-electron chi connectivity index (χ0n) is 28.3. The van der Waals surface area contributed by atoms with Gasteiger partial charge in [-0.15, -0.1) is 4.57 Å². The molecule has 0 saturated heterocycles. The van der Waals surface area contributed by atoms with Crippen molar-refractivity contribution in [1.82, 2.24) is 0 Å². The van der Waals surface area contributed by atoms with Crippen LogP contribution in [0.5, 0.6) is 0 Å². The highest BCUT2D eigenvalue weighted by molar-refractivity contribution is 6.31. The SMILES string of the molecule is C1=C(c2ccccc2)Cc2c3c1c1cccc4c(-c5ccccc5)cc5c(c41)N3c1c3c(cccc23)c(-c2ccccc2)cc1[n+]5-c1ccccc1. The van der Waals surface area contributed by atoms with Crippen LogP contribution in [0.3, 0.4) is 0 Å². The number of aromatic nitrogens is 1. The monoisotopic (exact) mass is 659 g/mol. The van der Waals surface area contributed by atoms with Crippen LogP contribution < -0.4 is 9.47 Å². The van der Waals surface area contributed by atoms with Gasteiger partial charge in [-0.3, -0.25) is 4.90 Å². The summed E-state index contributed by atoms with van der Waals surface area (Å²) in [5.41, 5.74) is 17.8. The Labute approximate surface area is 301 Å². The van der Waals surface area contributed by atoms with Gasteiger partial charge < -0.3 is 0 Å². The summed E-state index contributed by atoms with van der Waals surface area (Å²) in [5.74, 6) is 0. The van der Waals surface area contributed by atoms with Gasteiger partial charge in [0.05, 0.1) is 5.69 Å². The van der Waals surface area contributed by atoms with E-state index in [0.29, 0.717) is 0 Å². The van der Waals surface area contributed by atoms with E-state index in [-0.39, 0.29) is 0 Å². The maximum atomic E-state index is 2.67. The molecule has 0 aromatic heterocycles. The summed E-state index contributed by atoms with van der Waals surface area (Å²) in [4.78, 5) is 2.67. The molecule has 0 atom stereocenters. The van der Waals surface area contributed by atoms with E-state index < -0.39 is 0 Å². The Kier molecular flexibility index (Phi) is 5.59. The minimum atomic E-state index is 0.869. The number of allylic oxidation sites excluding steroid dienone is 1. The molecule has 2 heteroatoms.